The Hall–Kier alpha value is -1.19. The van der Waals surface area contributed by atoms with Gasteiger partial charge in [0.2, 0.25) is 0 Å². The van der Waals surface area contributed by atoms with Gasteiger partial charge in [0, 0.05) is 5.38 Å². The first kappa shape index (κ1) is 11.3. The first-order valence-corrected chi connectivity index (χ1v) is 6.31. The van der Waals surface area contributed by atoms with Crippen LogP contribution in [0.25, 0.3) is 0 Å². The van der Waals surface area contributed by atoms with E-state index in [9.17, 15) is 5.11 Å². The molecule has 1 heterocycles. The number of nitrogens with zero attached hydrogens (tertiary/aromatic N) is 1. The van der Waals surface area contributed by atoms with Crippen LogP contribution in [0.1, 0.15) is 24.3 Å². The van der Waals surface area contributed by atoms with Gasteiger partial charge in [0.1, 0.15) is 0 Å². The van der Waals surface area contributed by atoms with Crippen LogP contribution in [0.4, 0.5) is 0 Å². The van der Waals surface area contributed by atoms with Crippen LogP contribution < -0.4 is 0 Å². The summed E-state index contributed by atoms with van der Waals surface area (Å²) in [7, 11) is 0. The molecule has 2 nitrogen and oxygen atoms in total. The lowest BCUT2D eigenvalue weighted by Crippen LogP contribution is -2.12. The zero-order chi connectivity index (χ0) is 11.4. The minimum atomic E-state index is -0.414. The smallest absolute Gasteiger partial charge is 0.0819 e. The van der Waals surface area contributed by atoms with Gasteiger partial charge in [-0.15, -0.1) is 11.3 Å². The minimum Gasteiger partial charge on any atom is -0.388 e. The number of aliphatic hydroxyl groups is 1. The molecule has 0 aliphatic heterocycles. The van der Waals surface area contributed by atoms with Crippen LogP contribution in [0, 0.1) is 5.92 Å². The summed E-state index contributed by atoms with van der Waals surface area (Å²) in [5, 5.41) is 12.2. The molecule has 2 aromatic rings. The highest BCUT2D eigenvalue weighted by Gasteiger charge is 2.17. The Kier molecular flexibility index (Phi) is 3.70. The lowest BCUT2D eigenvalue weighted by molar-refractivity contribution is 0.117. The quantitative estimate of drug-likeness (QED) is 0.880. The third-order valence-corrected chi connectivity index (χ3v) is 3.33. The van der Waals surface area contributed by atoms with Gasteiger partial charge in [-0.2, -0.15) is 0 Å². The van der Waals surface area contributed by atoms with Crippen molar-refractivity contribution in [2.24, 2.45) is 5.92 Å². The van der Waals surface area contributed by atoms with Gasteiger partial charge in [-0.1, -0.05) is 37.3 Å². The maximum atomic E-state index is 10.2. The zero-order valence-corrected chi connectivity index (χ0v) is 10.0. The van der Waals surface area contributed by atoms with Crippen molar-refractivity contribution in [3.8, 4) is 0 Å². The SMILES string of the molecule is CC(Cc1cscn1)C(O)c1ccccc1. The standard InChI is InChI=1S/C13H15NOS/c1-10(7-12-8-16-9-14-12)13(15)11-5-3-2-4-6-11/h2-6,8-10,13,15H,7H2,1H3. The molecule has 0 saturated carbocycles. The Labute approximate surface area is 99.6 Å². The number of benzene rings is 1. The minimum absolute atomic E-state index is 0.185. The Bertz CT molecular complexity index is 413. The van der Waals surface area contributed by atoms with Crippen molar-refractivity contribution in [3.05, 3.63) is 52.5 Å². The lowest BCUT2D eigenvalue weighted by Gasteiger charge is -2.18. The summed E-state index contributed by atoms with van der Waals surface area (Å²) >= 11 is 1.60. The summed E-state index contributed by atoms with van der Waals surface area (Å²) in [5.41, 5.74) is 3.87. The third-order valence-electron chi connectivity index (χ3n) is 2.69. The Morgan fingerprint density at radius 3 is 2.69 bits per heavy atom. The zero-order valence-electron chi connectivity index (χ0n) is 9.21. The summed E-state index contributed by atoms with van der Waals surface area (Å²) in [6, 6.07) is 9.79. The van der Waals surface area contributed by atoms with Crippen molar-refractivity contribution >= 4 is 11.3 Å². The topological polar surface area (TPSA) is 33.1 Å². The number of aromatic nitrogens is 1. The van der Waals surface area contributed by atoms with E-state index in [1.54, 1.807) is 11.3 Å². The second kappa shape index (κ2) is 5.23. The maximum absolute atomic E-state index is 10.2. The van der Waals surface area contributed by atoms with E-state index in [1.807, 2.05) is 41.2 Å². The number of hydrogen-bond acceptors (Lipinski definition) is 3. The van der Waals surface area contributed by atoms with E-state index in [0.29, 0.717) is 0 Å². The predicted molar refractivity (Wildman–Crippen MR) is 66.4 cm³/mol. The molecule has 0 spiro atoms. The predicted octanol–water partition coefficient (Wildman–Crippen LogP) is 3.06. The highest BCUT2D eigenvalue weighted by atomic mass is 32.1. The van der Waals surface area contributed by atoms with Crippen molar-refractivity contribution in [3.63, 3.8) is 0 Å². The van der Waals surface area contributed by atoms with E-state index < -0.39 is 6.10 Å². The van der Waals surface area contributed by atoms with Gasteiger partial charge in [-0.3, -0.25) is 0 Å². The number of thiazole rings is 1. The fraction of sp³-hybridized carbons (Fsp3) is 0.308. The summed E-state index contributed by atoms with van der Waals surface area (Å²) < 4.78 is 0. The number of hydrogen-bond donors (Lipinski definition) is 1. The second-order valence-electron chi connectivity index (χ2n) is 4.02. The van der Waals surface area contributed by atoms with Crippen LogP contribution in [-0.2, 0) is 6.42 Å². The number of aliphatic hydroxyl groups excluding tert-OH is 1. The largest absolute Gasteiger partial charge is 0.388 e. The molecule has 0 aliphatic rings. The molecule has 1 N–H and O–H groups in total. The van der Waals surface area contributed by atoms with Gasteiger partial charge in [-0.25, -0.2) is 4.98 Å². The van der Waals surface area contributed by atoms with Crippen molar-refractivity contribution < 1.29 is 5.11 Å². The molecule has 84 valence electrons. The van der Waals surface area contributed by atoms with E-state index in [0.717, 1.165) is 17.7 Å². The van der Waals surface area contributed by atoms with E-state index in [4.69, 9.17) is 0 Å². The monoisotopic (exact) mass is 233 g/mol. The molecule has 1 aromatic heterocycles. The van der Waals surface area contributed by atoms with Crippen LogP contribution in [0.5, 0.6) is 0 Å². The fourth-order valence-electron chi connectivity index (χ4n) is 1.76. The molecule has 0 radical (unpaired) electrons. The molecule has 0 bridgehead atoms. The molecule has 0 amide bonds. The van der Waals surface area contributed by atoms with Crippen LogP contribution in [-0.4, -0.2) is 10.1 Å². The molecule has 16 heavy (non-hydrogen) atoms. The van der Waals surface area contributed by atoms with Gasteiger partial charge in [-0.05, 0) is 17.9 Å². The third kappa shape index (κ3) is 2.68. The summed E-state index contributed by atoms with van der Waals surface area (Å²) in [5.74, 6) is 0.185. The Balaban J connectivity index is 2.02. The molecule has 0 saturated heterocycles. The summed E-state index contributed by atoms with van der Waals surface area (Å²) in [6.45, 7) is 2.05. The van der Waals surface area contributed by atoms with E-state index in [1.165, 1.54) is 0 Å². The normalized spacial score (nSPS) is 14.6. The molecule has 1 aromatic carbocycles. The van der Waals surface area contributed by atoms with Crippen molar-refractivity contribution in [2.45, 2.75) is 19.4 Å². The lowest BCUT2D eigenvalue weighted by atomic mass is 9.94. The van der Waals surface area contributed by atoms with Crippen molar-refractivity contribution in [2.75, 3.05) is 0 Å². The molecule has 0 fully saturated rings. The van der Waals surface area contributed by atoms with Crippen LogP contribution in [0.3, 0.4) is 0 Å². The van der Waals surface area contributed by atoms with E-state index >= 15 is 0 Å². The van der Waals surface area contributed by atoms with Gasteiger partial charge in [0.05, 0.1) is 17.3 Å². The van der Waals surface area contributed by atoms with Crippen molar-refractivity contribution in [1.82, 2.24) is 4.98 Å². The Morgan fingerprint density at radius 1 is 1.31 bits per heavy atom. The first-order chi connectivity index (χ1) is 7.77. The highest BCUT2D eigenvalue weighted by Crippen LogP contribution is 2.24. The van der Waals surface area contributed by atoms with E-state index in [2.05, 4.69) is 11.9 Å². The van der Waals surface area contributed by atoms with Crippen molar-refractivity contribution in [1.29, 1.82) is 0 Å². The molecule has 2 unspecified atom stereocenters. The average Bonchev–Trinajstić information content (AvgIpc) is 2.82. The molecular formula is C13H15NOS. The van der Waals surface area contributed by atoms with Crippen LogP contribution in [0.2, 0.25) is 0 Å². The first-order valence-electron chi connectivity index (χ1n) is 5.37. The van der Waals surface area contributed by atoms with Gasteiger partial charge in [0.15, 0.2) is 0 Å². The molecular weight excluding hydrogens is 218 g/mol. The van der Waals surface area contributed by atoms with E-state index in [-0.39, 0.29) is 5.92 Å². The van der Waals surface area contributed by atoms with Gasteiger partial charge < -0.3 is 5.11 Å². The second-order valence-corrected chi connectivity index (χ2v) is 4.74. The fourth-order valence-corrected chi connectivity index (χ4v) is 2.33. The highest BCUT2D eigenvalue weighted by molar-refractivity contribution is 7.07. The molecule has 2 atom stereocenters. The van der Waals surface area contributed by atoms with Crippen LogP contribution in [0.15, 0.2) is 41.2 Å². The van der Waals surface area contributed by atoms with Gasteiger partial charge in [0.25, 0.3) is 0 Å². The van der Waals surface area contributed by atoms with Crippen LogP contribution >= 0.6 is 11.3 Å². The molecule has 0 aliphatic carbocycles. The average molecular weight is 233 g/mol. The number of rotatable bonds is 4. The molecule has 2 rings (SSSR count). The maximum Gasteiger partial charge on any atom is 0.0819 e. The van der Waals surface area contributed by atoms with Gasteiger partial charge >= 0.3 is 0 Å². The molecule has 3 heteroatoms. The summed E-state index contributed by atoms with van der Waals surface area (Å²) in [4.78, 5) is 4.24. The Morgan fingerprint density at radius 2 is 2.06 bits per heavy atom. The summed E-state index contributed by atoms with van der Waals surface area (Å²) in [6.07, 6.45) is 0.405.